The molecule has 0 spiro atoms. The maximum atomic E-state index is 12.6. The van der Waals surface area contributed by atoms with E-state index in [1.165, 1.54) is 0 Å². The number of benzene rings is 3. The van der Waals surface area contributed by atoms with Crippen molar-refractivity contribution in [1.29, 1.82) is 0 Å². The maximum Gasteiger partial charge on any atom is 0.255 e. The molecule has 0 fully saturated rings. The highest BCUT2D eigenvalue weighted by Gasteiger charge is 2.12. The second-order valence-electron chi connectivity index (χ2n) is 5.78. The van der Waals surface area contributed by atoms with Crippen LogP contribution in [0.4, 0.5) is 5.69 Å². The normalized spacial score (nSPS) is 10.2. The number of rotatable bonds is 6. The summed E-state index contributed by atoms with van der Waals surface area (Å²) in [6.45, 7) is 4.45. The van der Waals surface area contributed by atoms with Gasteiger partial charge in [-0.15, -0.1) is 0 Å². The van der Waals surface area contributed by atoms with Gasteiger partial charge in [0.1, 0.15) is 11.5 Å². The number of amides is 1. The number of nitrogens with one attached hydrogen (secondary N) is 1. The summed E-state index contributed by atoms with van der Waals surface area (Å²) in [4.78, 5) is 12.6. The van der Waals surface area contributed by atoms with E-state index in [-0.39, 0.29) is 5.91 Å². The van der Waals surface area contributed by atoms with Crippen molar-refractivity contribution >= 4 is 11.6 Å². The van der Waals surface area contributed by atoms with Crippen molar-refractivity contribution in [3.05, 3.63) is 83.9 Å². The Morgan fingerprint density at radius 3 is 2.38 bits per heavy atom. The van der Waals surface area contributed by atoms with Crippen LogP contribution in [0.2, 0.25) is 0 Å². The fourth-order valence-corrected chi connectivity index (χ4v) is 2.58. The van der Waals surface area contributed by atoms with Crippen LogP contribution in [-0.4, -0.2) is 12.5 Å². The third-order valence-electron chi connectivity index (χ3n) is 3.84. The van der Waals surface area contributed by atoms with Crippen molar-refractivity contribution in [2.75, 3.05) is 11.9 Å². The van der Waals surface area contributed by atoms with Gasteiger partial charge in [0.2, 0.25) is 0 Å². The Labute approximate surface area is 153 Å². The zero-order valence-corrected chi connectivity index (χ0v) is 14.9. The minimum Gasteiger partial charge on any atom is -0.494 e. The van der Waals surface area contributed by atoms with Crippen LogP contribution in [-0.2, 0) is 0 Å². The second kappa shape index (κ2) is 8.21. The summed E-state index contributed by atoms with van der Waals surface area (Å²) in [6, 6.07) is 22.2. The molecule has 0 aromatic heterocycles. The zero-order chi connectivity index (χ0) is 18.4. The smallest absolute Gasteiger partial charge is 0.255 e. The lowest BCUT2D eigenvalue weighted by Gasteiger charge is -2.13. The fourth-order valence-electron chi connectivity index (χ4n) is 2.58. The molecule has 0 atom stereocenters. The number of aryl methyl sites for hydroxylation is 1. The van der Waals surface area contributed by atoms with Crippen LogP contribution in [0.25, 0.3) is 0 Å². The van der Waals surface area contributed by atoms with Crippen molar-refractivity contribution in [2.45, 2.75) is 13.8 Å². The molecule has 132 valence electrons. The standard InChI is InChI=1S/C22H21NO3/c1-3-25-20-14-13-17(15-16(20)2)22(24)23-19-11-7-8-12-21(19)26-18-9-5-4-6-10-18/h4-15H,3H2,1-2H3,(H,23,24). The van der Waals surface area contributed by atoms with Gasteiger partial charge in [0.25, 0.3) is 5.91 Å². The van der Waals surface area contributed by atoms with E-state index in [9.17, 15) is 4.79 Å². The minimum atomic E-state index is -0.194. The van der Waals surface area contributed by atoms with Crippen molar-refractivity contribution < 1.29 is 14.3 Å². The van der Waals surface area contributed by atoms with Gasteiger partial charge in [0.05, 0.1) is 12.3 Å². The summed E-state index contributed by atoms with van der Waals surface area (Å²) in [5, 5.41) is 2.92. The maximum absolute atomic E-state index is 12.6. The molecule has 0 radical (unpaired) electrons. The van der Waals surface area contributed by atoms with Crippen molar-refractivity contribution in [2.24, 2.45) is 0 Å². The van der Waals surface area contributed by atoms with E-state index in [0.29, 0.717) is 29.4 Å². The molecule has 0 aliphatic carbocycles. The molecule has 0 aliphatic heterocycles. The number of carbonyl (C=O) groups excluding carboxylic acids is 1. The SMILES string of the molecule is CCOc1ccc(C(=O)Nc2ccccc2Oc2ccccc2)cc1C. The number of carbonyl (C=O) groups is 1. The van der Waals surface area contributed by atoms with Crippen LogP contribution < -0.4 is 14.8 Å². The molecule has 4 nitrogen and oxygen atoms in total. The van der Waals surface area contributed by atoms with Crippen molar-refractivity contribution in [3.63, 3.8) is 0 Å². The summed E-state index contributed by atoms with van der Waals surface area (Å²) >= 11 is 0. The molecular formula is C22H21NO3. The van der Waals surface area contributed by atoms with Gasteiger partial charge in [0, 0.05) is 5.56 Å². The lowest BCUT2D eigenvalue weighted by atomic mass is 10.1. The fraction of sp³-hybridized carbons (Fsp3) is 0.136. The van der Waals surface area contributed by atoms with E-state index >= 15 is 0 Å². The van der Waals surface area contributed by atoms with Crippen LogP contribution >= 0.6 is 0 Å². The molecule has 26 heavy (non-hydrogen) atoms. The second-order valence-corrected chi connectivity index (χ2v) is 5.78. The molecule has 0 aliphatic rings. The molecular weight excluding hydrogens is 326 g/mol. The highest BCUT2D eigenvalue weighted by Crippen LogP contribution is 2.29. The minimum absolute atomic E-state index is 0.194. The molecule has 0 heterocycles. The highest BCUT2D eigenvalue weighted by atomic mass is 16.5. The molecule has 4 heteroatoms. The first kappa shape index (κ1) is 17.5. The Balaban J connectivity index is 1.78. The van der Waals surface area contributed by atoms with Gasteiger partial charge >= 0.3 is 0 Å². The van der Waals surface area contributed by atoms with Gasteiger partial charge < -0.3 is 14.8 Å². The van der Waals surface area contributed by atoms with Gasteiger partial charge in [-0.05, 0) is 61.9 Å². The average Bonchev–Trinajstić information content (AvgIpc) is 2.66. The lowest BCUT2D eigenvalue weighted by molar-refractivity contribution is 0.102. The summed E-state index contributed by atoms with van der Waals surface area (Å²) < 4.78 is 11.4. The number of hydrogen-bond donors (Lipinski definition) is 1. The number of ether oxygens (including phenoxy) is 2. The first-order chi connectivity index (χ1) is 12.7. The molecule has 3 aromatic rings. The molecule has 3 rings (SSSR count). The summed E-state index contributed by atoms with van der Waals surface area (Å²) in [5.74, 6) is 1.90. The quantitative estimate of drug-likeness (QED) is 0.646. The topological polar surface area (TPSA) is 47.6 Å². The lowest BCUT2D eigenvalue weighted by Crippen LogP contribution is -2.13. The number of hydrogen-bond acceptors (Lipinski definition) is 3. The first-order valence-electron chi connectivity index (χ1n) is 8.54. The molecule has 1 N–H and O–H groups in total. The van der Waals surface area contributed by atoms with Gasteiger partial charge in [-0.3, -0.25) is 4.79 Å². The van der Waals surface area contributed by atoms with Crippen LogP contribution in [0.1, 0.15) is 22.8 Å². The molecule has 1 amide bonds. The zero-order valence-electron chi connectivity index (χ0n) is 14.9. The van der Waals surface area contributed by atoms with E-state index in [4.69, 9.17) is 9.47 Å². The van der Waals surface area contributed by atoms with Crippen LogP contribution in [0.15, 0.2) is 72.8 Å². The van der Waals surface area contributed by atoms with Crippen LogP contribution in [0.5, 0.6) is 17.2 Å². The van der Waals surface area contributed by atoms with E-state index in [1.807, 2.05) is 80.6 Å². The van der Waals surface area contributed by atoms with Crippen LogP contribution in [0, 0.1) is 6.92 Å². The highest BCUT2D eigenvalue weighted by molar-refractivity contribution is 6.05. The van der Waals surface area contributed by atoms with Crippen molar-refractivity contribution in [1.82, 2.24) is 0 Å². The Hall–Kier alpha value is -3.27. The van der Waals surface area contributed by atoms with E-state index in [1.54, 1.807) is 6.07 Å². The molecule has 0 bridgehead atoms. The van der Waals surface area contributed by atoms with E-state index in [0.717, 1.165) is 11.3 Å². The summed E-state index contributed by atoms with van der Waals surface area (Å²) in [6.07, 6.45) is 0. The average molecular weight is 347 g/mol. The van der Waals surface area contributed by atoms with E-state index in [2.05, 4.69) is 5.32 Å². The number of anilines is 1. The monoisotopic (exact) mass is 347 g/mol. The third-order valence-corrected chi connectivity index (χ3v) is 3.84. The molecule has 0 saturated carbocycles. The molecule has 0 unspecified atom stereocenters. The Bertz CT molecular complexity index is 891. The largest absolute Gasteiger partial charge is 0.494 e. The van der Waals surface area contributed by atoms with Gasteiger partial charge in [-0.25, -0.2) is 0 Å². The predicted octanol–water partition coefficient (Wildman–Crippen LogP) is 5.44. The Kier molecular flexibility index (Phi) is 5.54. The Morgan fingerprint density at radius 1 is 0.923 bits per heavy atom. The van der Waals surface area contributed by atoms with Crippen LogP contribution in [0.3, 0.4) is 0 Å². The third kappa shape index (κ3) is 4.22. The predicted molar refractivity (Wildman–Crippen MR) is 103 cm³/mol. The summed E-state index contributed by atoms with van der Waals surface area (Å²) in [7, 11) is 0. The van der Waals surface area contributed by atoms with Gasteiger partial charge in [-0.2, -0.15) is 0 Å². The van der Waals surface area contributed by atoms with Gasteiger partial charge in [0.15, 0.2) is 5.75 Å². The van der Waals surface area contributed by atoms with E-state index < -0.39 is 0 Å². The van der Waals surface area contributed by atoms with Gasteiger partial charge in [-0.1, -0.05) is 30.3 Å². The molecule has 3 aromatic carbocycles. The first-order valence-corrected chi connectivity index (χ1v) is 8.54. The Morgan fingerprint density at radius 2 is 1.65 bits per heavy atom. The number of para-hydroxylation sites is 3. The van der Waals surface area contributed by atoms with Crippen molar-refractivity contribution in [3.8, 4) is 17.2 Å². The molecule has 0 saturated heterocycles. The summed E-state index contributed by atoms with van der Waals surface area (Å²) in [5.41, 5.74) is 2.11.